The number of carbonyl (C=O) groups excluding carboxylic acids is 1. The summed E-state index contributed by atoms with van der Waals surface area (Å²) in [5, 5.41) is 8.22. The Hall–Kier alpha value is -2.23. The Morgan fingerprint density at radius 2 is 2.08 bits per heavy atom. The number of amides is 1. The normalized spacial score (nSPS) is 14.4. The van der Waals surface area contributed by atoms with Gasteiger partial charge in [0.15, 0.2) is 0 Å². The maximum absolute atomic E-state index is 13.7. The van der Waals surface area contributed by atoms with Crippen LogP contribution in [0.2, 0.25) is 5.02 Å². The topological polar surface area (TPSA) is 118 Å². The van der Waals surface area contributed by atoms with E-state index in [4.69, 9.17) is 22.7 Å². The fourth-order valence-electron chi connectivity index (χ4n) is 2.53. The molecule has 0 unspecified atom stereocenters. The number of hydrogen-bond acceptors (Lipinski definition) is 4. The van der Waals surface area contributed by atoms with Crippen LogP contribution in [0.15, 0.2) is 35.4 Å². The van der Waals surface area contributed by atoms with Gasteiger partial charge in [0.2, 0.25) is 10.0 Å². The summed E-state index contributed by atoms with van der Waals surface area (Å²) >= 11 is 5.95. The summed E-state index contributed by atoms with van der Waals surface area (Å²) in [5.41, 5.74) is 5.01. The van der Waals surface area contributed by atoms with Crippen LogP contribution in [0.25, 0.3) is 0 Å². The first-order valence-corrected chi connectivity index (χ1v) is 9.58. The average Bonchev–Trinajstić information content (AvgIpc) is 3.33. The second-order valence-electron chi connectivity index (χ2n) is 6.06. The summed E-state index contributed by atoms with van der Waals surface area (Å²) < 4.78 is 42.6. The van der Waals surface area contributed by atoms with E-state index in [1.165, 1.54) is 22.9 Å². The van der Waals surface area contributed by atoms with E-state index in [0.717, 1.165) is 25.0 Å². The molecule has 0 aliphatic heterocycles. The van der Waals surface area contributed by atoms with Gasteiger partial charge in [-0.2, -0.15) is 0 Å². The highest BCUT2D eigenvalue weighted by Gasteiger charge is 2.29. The first-order chi connectivity index (χ1) is 12.2. The van der Waals surface area contributed by atoms with Crippen molar-refractivity contribution in [2.45, 2.75) is 30.3 Å². The highest BCUT2D eigenvalue weighted by atomic mass is 35.5. The van der Waals surface area contributed by atoms with Gasteiger partial charge in [0.1, 0.15) is 11.3 Å². The van der Waals surface area contributed by atoms with Crippen molar-refractivity contribution in [3.8, 4) is 0 Å². The third-order valence-electron chi connectivity index (χ3n) is 3.92. The fraction of sp³-hybridized carbons (Fsp3) is 0.250. The Kier molecular flexibility index (Phi) is 4.87. The summed E-state index contributed by atoms with van der Waals surface area (Å²) in [5.74, 6) is -1.46. The van der Waals surface area contributed by atoms with Crippen LogP contribution in [0.1, 0.15) is 28.8 Å². The van der Waals surface area contributed by atoms with Crippen LogP contribution >= 0.6 is 11.6 Å². The highest BCUT2D eigenvalue weighted by molar-refractivity contribution is 7.89. The molecule has 0 atom stereocenters. The van der Waals surface area contributed by atoms with E-state index in [1.54, 1.807) is 0 Å². The zero-order valence-electron chi connectivity index (χ0n) is 13.5. The fourth-order valence-corrected chi connectivity index (χ4v) is 4.27. The number of carbonyl (C=O) groups is 1. The van der Waals surface area contributed by atoms with E-state index in [0.29, 0.717) is 0 Å². The molecule has 1 aromatic heterocycles. The summed E-state index contributed by atoms with van der Waals surface area (Å²) in [4.78, 5) is 11.4. The van der Waals surface area contributed by atoms with Gasteiger partial charge >= 0.3 is 0 Å². The second kappa shape index (κ2) is 6.82. The molecule has 1 fully saturated rings. The molecule has 10 heteroatoms. The van der Waals surface area contributed by atoms with E-state index in [-0.39, 0.29) is 39.1 Å². The summed E-state index contributed by atoms with van der Waals surface area (Å²) in [7, 11) is -3.83. The van der Waals surface area contributed by atoms with E-state index in [2.05, 4.69) is 4.72 Å². The van der Waals surface area contributed by atoms with Crippen molar-refractivity contribution >= 4 is 27.5 Å². The number of hydrogen-bond donors (Lipinski definition) is 3. The molecule has 2 aromatic rings. The zero-order valence-corrected chi connectivity index (χ0v) is 15.1. The van der Waals surface area contributed by atoms with E-state index in [9.17, 15) is 17.6 Å². The van der Waals surface area contributed by atoms with Crippen molar-refractivity contribution in [3.05, 3.63) is 57.9 Å². The lowest BCUT2D eigenvalue weighted by atomic mass is 10.2. The molecule has 4 N–H and O–H groups in total. The molecule has 1 aromatic carbocycles. The Morgan fingerprint density at radius 1 is 1.38 bits per heavy atom. The summed E-state index contributed by atoms with van der Waals surface area (Å²) in [6.45, 7) is -0.168. The first-order valence-electron chi connectivity index (χ1n) is 7.72. The number of aromatic nitrogens is 1. The van der Waals surface area contributed by atoms with Crippen molar-refractivity contribution < 1.29 is 17.6 Å². The minimum Gasteiger partial charge on any atom is -0.365 e. The van der Waals surface area contributed by atoms with Crippen molar-refractivity contribution in [1.82, 2.24) is 9.29 Å². The molecular weight excluding hydrogens is 383 g/mol. The van der Waals surface area contributed by atoms with Crippen molar-refractivity contribution in [2.75, 3.05) is 0 Å². The zero-order chi connectivity index (χ0) is 19.1. The molecule has 1 saturated carbocycles. The quantitative estimate of drug-likeness (QED) is 0.681. The predicted octanol–water partition coefficient (Wildman–Crippen LogP) is 1.35. The van der Waals surface area contributed by atoms with Crippen LogP contribution in [0.3, 0.4) is 0 Å². The van der Waals surface area contributed by atoms with Gasteiger partial charge in [0, 0.05) is 12.2 Å². The van der Waals surface area contributed by atoms with Crippen LogP contribution in [0, 0.1) is 11.2 Å². The summed E-state index contributed by atoms with van der Waals surface area (Å²) in [6, 6.07) is 4.47. The van der Waals surface area contributed by atoms with Crippen LogP contribution < -0.4 is 15.9 Å². The van der Waals surface area contributed by atoms with Gasteiger partial charge in [0.05, 0.1) is 22.0 Å². The van der Waals surface area contributed by atoms with Crippen LogP contribution in [0.5, 0.6) is 0 Å². The van der Waals surface area contributed by atoms with Gasteiger partial charge in [0.25, 0.3) is 5.91 Å². The number of sulfonamides is 1. The molecule has 0 radical (unpaired) electrons. The predicted molar refractivity (Wildman–Crippen MR) is 92.7 cm³/mol. The van der Waals surface area contributed by atoms with Gasteiger partial charge in [-0.25, -0.2) is 17.5 Å². The standard InChI is InChI=1S/C16H16ClFN4O3S/c17-10-6-13(16(20)23)15(19)22(8-10)7-9-5-11(18)1-4-14(9)26(24,25)21-12-2-3-12/h1,4-6,8,12,19,21H,2-3,7H2,(H2,20,23). The molecule has 26 heavy (non-hydrogen) atoms. The van der Waals surface area contributed by atoms with Gasteiger partial charge in [-0.1, -0.05) is 11.6 Å². The molecule has 1 amide bonds. The number of primary amides is 1. The van der Waals surface area contributed by atoms with Crippen molar-refractivity contribution in [1.29, 1.82) is 5.41 Å². The van der Waals surface area contributed by atoms with Gasteiger partial charge in [-0.3, -0.25) is 10.2 Å². The Labute approximate surface area is 154 Å². The number of rotatable bonds is 6. The lowest BCUT2D eigenvalue weighted by molar-refractivity contribution is 0.0997. The minimum absolute atomic E-state index is 0.0849. The molecule has 0 saturated heterocycles. The monoisotopic (exact) mass is 398 g/mol. The van der Waals surface area contributed by atoms with Crippen LogP contribution in [-0.2, 0) is 16.6 Å². The molecule has 7 nitrogen and oxygen atoms in total. The maximum Gasteiger partial charge on any atom is 0.252 e. The number of nitrogens with zero attached hydrogens (tertiary/aromatic N) is 1. The number of benzene rings is 1. The second-order valence-corrected chi connectivity index (χ2v) is 8.18. The number of nitrogens with two attached hydrogens (primary N) is 1. The number of halogens is 2. The Bertz CT molecular complexity index is 1050. The third-order valence-corrected chi connectivity index (χ3v) is 5.75. The lowest BCUT2D eigenvalue weighted by Gasteiger charge is -2.14. The van der Waals surface area contributed by atoms with Crippen molar-refractivity contribution in [3.63, 3.8) is 0 Å². The smallest absolute Gasteiger partial charge is 0.252 e. The molecule has 138 valence electrons. The van der Waals surface area contributed by atoms with E-state index in [1.807, 2.05) is 0 Å². The molecule has 0 bridgehead atoms. The number of nitrogens with one attached hydrogen (secondary N) is 2. The minimum atomic E-state index is -3.83. The summed E-state index contributed by atoms with van der Waals surface area (Å²) in [6.07, 6.45) is 2.88. The average molecular weight is 399 g/mol. The molecule has 3 rings (SSSR count). The SMILES string of the molecule is N=c1c(C(N)=O)cc(Cl)cn1Cc1cc(F)ccc1S(=O)(=O)NC1CC1. The van der Waals surface area contributed by atoms with Crippen LogP contribution in [-0.4, -0.2) is 24.9 Å². The van der Waals surface area contributed by atoms with Gasteiger partial charge in [-0.15, -0.1) is 0 Å². The van der Waals surface area contributed by atoms with Crippen molar-refractivity contribution in [2.24, 2.45) is 5.73 Å². The van der Waals surface area contributed by atoms with Gasteiger partial charge in [-0.05, 0) is 42.7 Å². The maximum atomic E-state index is 13.7. The van der Waals surface area contributed by atoms with Crippen LogP contribution in [0.4, 0.5) is 4.39 Å². The molecule has 1 aliphatic rings. The molecule has 1 aliphatic carbocycles. The highest BCUT2D eigenvalue weighted by Crippen LogP contribution is 2.24. The number of pyridine rings is 1. The first kappa shape index (κ1) is 18.6. The Balaban J connectivity index is 2.07. The van der Waals surface area contributed by atoms with Gasteiger partial charge < -0.3 is 10.3 Å². The van der Waals surface area contributed by atoms with E-state index < -0.39 is 21.7 Å². The Morgan fingerprint density at radius 3 is 2.69 bits per heavy atom. The lowest BCUT2D eigenvalue weighted by Crippen LogP contribution is -2.31. The molecular formula is C16H16ClFN4O3S. The van der Waals surface area contributed by atoms with E-state index >= 15 is 0 Å². The molecule has 0 spiro atoms. The third kappa shape index (κ3) is 3.95. The molecule has 1 heterocycles. The largest absolute Gasteiger partial charge is 0.365 e.